The van der Waals surface area contributed by atoms with Gasteiger partial charge in [0.15, 0.2) is 5.79 Å². The topological polar surface area (TPSA) is 54.4 Å². The van der Waals surface area contributed by atoms with Gasteiger partial charge in [-0.25, -0.2) is 5.01 Å². The van der Waals surface area contributed by atoms with E-state index in [0.717, 1.165) is 43.6 Å². The fourth-order valence-electron chi connectivity index (χ4n) is 5.30. The van der Waals surface area contributed by atoms with Crippen LogP contribution in [-0.4, -0.2) is 60.2 Å². The van der Waals surface area contributed by atoms with Gasteiger partial charge in [0.25, 0.3) is 5.91 Å². The van der Waals surface area contributed by atoms with Crippen LogP contribution in [0.25, 0.3) is 0 Å². The molecule has 0 bridgehead atoms. The maximum absolute atomic E-state index is 13.6. The maximum Gasteiger partial charge on any atom is 0.257 e. The number of aryl methyl sites for hydroxylation is 4. The van der Waals surface area contributed by atoms with Crippen LogP contribution in [0.15, 0.2) is 41.5 Å². The Kier molecular flexibility index (Phi) is 6.32. The molecule has 6 nitrogen and oxygen atoms in total. The highest BCUT2D eigenvalue weighted by Crippen LogP contribution is 2.36. The summed E-state index contributed by atoms with van der Waals surface area (Å²) in [6.45, 7) is 11.8. The first-order chi connectivity index (χ1) is 16.3. The number of carbonyl (C=O) groups is 1. The highest BCUT2D eigenvalue weighted by molar-refractivity contribution is 6.03. The van der Waals surface area contributed by atoms with Crippen molar-refractivity contribution in [2.45, 2.75) is 58.8 Å². The lowest BCUT2D eigenvalue weighted by atomic mass is 9.93. The predicted molar refractivity (Wildman–Crippen MR) is 133 cm³/mol. The lowest BCUT2D eigenvalue weighted by Gasteiger charge is -2.37. The number of piperidine rings is 1. The van der Waals surface area contributed by atoms with Crippen LogP contribution in [0.1, 0.15) is 58.7 Å². The number of hydrazone groups is 1. The van der Waals surface area contributed by atoms with E-state index in [1.807, 2.05) is 0 Å². The molecule has 0 aliphatic carbocycles. The Morgan fingerprint density at radius 1 is 0.971 bits per heavy atom. The van der Waals surface area contributed by atoms with Gasteiger partial charge >= 0.3 is 0 Å². The molecule has 3 aliphatic rings. The van der Waals surface area contributed by atoms with Gasteiger partial charge in [-0.1, -0.05) is 35.9 Å². The van der Waals surface area contributed by atoms with E-state index in [9.17, 15) is 4.79 Å². The monoisotopic (exact) mass is 461 g/mol. The molecule has 180 valence electrons. The molecule has 6 heteroatoms. The molecule has 2 fully saturated rings. The smallest absolute Gasteiger partial charge is 0.257 e. The molecule has 1 atom stereocenters. The summed E-state index contributed by atoms with van der Waals surface area (Å²) < 4.78 is 11.7. The Morgan fingerprint density at radius 2 is 1.68 bits per heavy atom. The summed E-state index contributed by atoms with van der Waals surface area (Å²) in [4.78, 5) is 15.8. The van der Waals surface area contributed by atoms with Crippen molar-refractivity contribution in [3.05, 3.63) is 69.8 Å². The zero-order valence-electron chi connectivity index (χ0n) is 20.8. The number of ether oxygens (including phenoxy) is 2. The Hall–Kier alpha value is -2.54. The van der Waals surface area contributed by atoms with E-state index in [1.165, 1.54) is 27.8 Å². The first-order valence-corrected chi connectivity index (χ1v) is 12.4. The van der Waals surface area contributed by atoms with E-state index in [4.69, 9.17) is 14.6 Å². The van der Waals surface area contributed by atoms with Crippen LogP contribution in [-0.2, 0) is 14.3 Å². The van der Waals surface area contributed by atoms with Crippen LogP contribution in [0.4, 0.5) is 0 Å². The van der Waals surface area contributed by atoms with Gasteiger partial charge in [0.2, 0.25) is 0 Å². The highest BCUT2D eigenvalue weighted by Gasteiger charge is 2.41. The molecule has 1 spiro atoms. The van der Waals surface area contributed by atoms with Gasteiger partial charge in [-0.2, -0.15) is 5.10 Å². The number of carbonyl (C=O) groups excluding carboxylic acids is 1. The van der Waals surface area contributed by atoms with E-state index in [-0.39, 0.29) is 11.9 Å². The summed E-state index contributed by atoms with van der Waals surface area (Å²) in [5.41, 5.74) is 8.16. The van der Waals surface area contributed by atoms with Crippen molar-refractivity contribution >= 4 is 11.6 Å². The standard InChI is InChI=1S/C28H35N3O3/c1-19-5-6-21(3)24(15-19)26-17-25(23-8-7-20(2)22(4)16-23)29-31(26)27(32)18-30-11-9-28(10-12-30)33-13-14-34-28/h5-8,15-16,26H,9-14,17-18H2,1-4H3. The second-order valence-electron chi connectivity index (χ2n) is 10.0. The van der Waals surface area contributed by atoms with Crippen LogP contribution in [0, 0.1) is 27.7 Å². The number of hydrogen-bond acceptors (Lipinski definition) is 5. The highest BCUT2D eigenvalue weighted by atomic mass is 16.7. The minimum Gasteiger partial charge on any atom is -0.347 e. The van der Waals surface area contributed by atoms with Gasteiger partial charge in [0, 0.05) is 32.4 Å². The number of benzene rings is 2. The quantitative estimate of drug-likeness (QED) is 0.676. The van der Waals surface area contributed by atoms with Crippen molar-refractivity contribution in [3.8, 4) is 0 Å². The predicted octanol–water partition coefficient (Wildman–Crippen LogP) is 4.44. The molecule has 0 radical (unpaired) electrons. The molecule has 3 aliphatic heterocycles. The minimum absolute atomic E-state index is 0.0500. The molecule has 1 amide bonds. The van der Waals surface area contributed by atoms with Gasteiger partial charge in [0.1, 0.15) is 0 Å². The zero-order chi connectivity index (χ0) is 23.9. The van der Waals surface area contributed by atoms with Crippen molar-refractivity contribution < 1.29 is 14.3 Å². The van der Waals surface area contributed by atoms with Crippen LogP contribution in [0.5, 0.6) is 0 Å². The zero-order valence-corrected chi connectivity index (χ0v) is 20.8. The third kappa shape index (κ3) is 4.54. The lowest BCUT2D eigenvalue weighted by Crippen LogP contribution is -2.48. The molecular weight excluding hydrogens is 426 g/mol. The molecule has 3 heterocycles. The average molecular weight is 462 g/mol. The van der Waals surface area contributed by atoms with Crippen molar-refractivity contribution in [3.63, 3.8) is 0 Å². The van der Waals surface area contributed by atoms with Crippen LogP contribution in [0.2, 0.25) is 0 Å². The van der Waals surface area contributed by atoms with Gasteiger partial charge in [-0.15, -0.1) is 0 Å². The number of nitrogens with zero attached hydrogens (tertiary/aromatic N) is 3. The number of rotatable bonds is 4. The SMILES string of the molecule is Cc1ccc(C)c(C2CC(c3ccc(C)c(C)c3)=NN2C(=O)CN2CCC3(CC2)OCCO3)c1. The molecule has 2 saturated heterocycles. The molecule has 34 heavy (non-hydrogen) atoms. The summed E-state index contributed by atoms with van der Waals surface area (Å²) in [6, 6.07) is 12.9. The summed E-state index contributed by atoms with van der Waals surface area (Å²) in [5.74, 6) is -0.378. The van der Waals surface area contributed by atoms with Crippen molar-refractivity contribution in [2.75, 3.05) is 32.8 Å². The van der Waals surface area contributed by atoms with Crippen LogP contribution >= 0.6 is 0 Å². The Bertz CT molecular complexity index is 1110. The third-order valence-corrected chi connectivity index (χ3v) is 7.59. The first kappa shape index (κ1) is 23.2. The van der Waals surface area contributed by atoms with E-state index in [2.05, 4.69) is 69.0 Å². The van der Waals surface area contributed by atoms with E-state index < -0.39 is 5.79 Å². The molecule has 0 saturated carbocycles. The Labute approximate surface area is 202 Å². The largest absolute Gasteiger partial charge is 0.347 e. The second kappa shape index (κ2) is 9.25. The van der Waals surface area contributed by atoms with Gasteiger partial charge < -0.3 is 9.47 Å². The normalized spacial score (nSPS) is 22.4. The molecule has 2 aromatic carbocycles. The summed E-state index contributed by atoms with van der Waals surface area (Å²) >= 11 is 0. The van der Waals surface area contributed by atoms with Gasteiger partial charge in [0.05, 0.1) is 31.5 Å². The second-order valence-corrected chi connectivity index (χ2v) is 10.0. The average Bonchev–Trinajstić information content (AvgIpc) is 3.47. The summed E-state index contributed by atoms with van der Waals surface area (Å²) in [7, 11) is 0. The lowest BCUT2D eigenvalue weighted by molar-refractivity contribution is -0.186. The number of hydrogen-bond donors (Lipinski definition) is 0. The molecule has 5 rings (SSSR count). The van der Waals surface area contributed by atoms with Crippen molar-refractivity contribution in [1.29, 1.82) is 0 Å². The van der Waals surface area contributed by atoms with Crippen LogP contribution < -0.4 is 0 Å². The Balaban J connectivity index is 1.38. The van der Waals surface area contributed by atoms with Crippen molar-refractivity contribution in [2.24, 2.45) is 5.10 Å². The van der Waals surface area contributed by atoms with E-state index in [0.29, 0.717) is 19.8 Å². The number of amides is 1. The molecule has 0 aromatic heterocycles. The summed E-state index contributed by atoms with van der Waals surface area (Å²) in [6.07, 6.45) is 2.33. The van der Waals surface area contributed by atoms with Crippen molar-refractivity contribution in [1.82, 2.24) is 9.91 Å². The van der Waals surface area contributed by atoms with Gasteiger partial charge in [-0.3, -0.25) is 9.69 Å². The first-order valence-electron chi connectivity index (χ1n) is 12.4. The summed E-state index contributed by atoms with van der Waals surface area (Å²) in [5, 5.41) is 6.67. The molecular formula is C28H35N3O3. The minimum atomic E-state index is -0.428. The fourth-order valence-corrected chi connectivity index (χ4v) is 5.30. The maximum atomic E-state index is 13.6. The van der Waals surface area contributed by atoms with E-state index >= 15 is 0 Å². The number of likely N-dealkylation sites (tertiary alicyclic amines) is 1. The van der Waals surface area contributed by atoms with E-state index in [1.54, 1.807) is 5.01 Å². The van der Waals surface area contributed by atoms with Gasteiger partial charge in [-0.05, 0) is 61.6 Å². The third-order valence-electron chi connectivity index (χ3n) is 7.59. The molecule has 2 aromatic rings. The molecule has 1 unspecified atom stereocenters. The van der Waals surface area contributed by atoms with Crippen LogP contribution in [0.3, 0.4) is 0 Å². The molecule has 0 N–H and O–H groups in total. The fraction of sp³-hybridized carbons (Fsp3) is 0.500. The Morgan fingerprint density at radius 3 is 2.38 bits per heavy atom.